The lowest BCUT2D eigenvalue weighted by Gasteiger charge is -2.12. The van der Waals surface area contributed by atoms with Crippen molar-refractivity contribution in [1.82, 2.24) is 9.78 Å². The van der Waals surface area contributed by atoms with Gasteiger partial charge in [-0.15, -0.1) is 0 Å². The number of benzene rings is 1. The van der Waals surface area contributed by atoms with Gasteiger partial charge in [0.1, 0.15) is 6.54 Å². The van der Waals surface area contributed by atoms with Gasteiger partial charge in [0.2, 0.25) is 5.91 Å². The van der Waals surface area contributed by atoms with Crippen LogP contribution < -0.4 is 14.8 Å². The Balaban J connectivity index is 2.06. The second kappa shape index (κ2) is 7.35. The topological polar surface area (TPSA) is 109 Å². The van der Waals surface area contributed by atoms with Gasteiger partial charge in [-0.3, -0.25) is 4.79 Å². The van der Waals surface area contributed by atoms with E-state index >= 15 is 0 Å². The Kier molecular flexibility index (Phi) is 5.24. The number of aromatic nitrogens is 2. The largest absolute Gasteiger partial charge is 0.493 e. The molecule has 2 aromatic rings. The maximum Gasteiger partial charge on any atom is 0.389 e. The highest BCUT2D eigenvalue weighted by Gasteiger charge is 2.15. The van der Waals surface area contributed by atoms with Crippen LogP contribution in [0.15, 0.2) is 30.5 Å². The Bertz CT molecular complexity index is 750. The van der Waals surface area contributed by atoms with Crippen LogP contribution in [0, 0.1) is 10.1 Å². The first-order valence-electron chi connectivity index (χ1n) is 6.49. The van der Waals surface area contributed by atoms with E-state index in [0.717, 1.165) is 10.7 Å². The minimum absolute atomic E-state index is 0.0796. The van der Waals surface area contributed by atoms with Crippen molar-refractivity contribution in [2.24, 2.45) is 0 Å². The molecule has 128 valence electrons. The van der Waals surface area contributed by atoms with Crippen LogP contribution in [0.4, 0.5) is 20.3 Å². The van der Waals surface area contributed by atoms with Crippen LogP contribution in [0.25, 0.3) is 0 Å². The summed E-state index contributed by atoms with van der Waals surface area (Å²) in [4.78, 5) is 21.7. The summed E-state index contributed by atoms with van der Waals surface area (Å²) < 4.78 is 35.0. The molecule has 11 heteroatoms. The zero-order chi connectivity index (χ0) is 17.7. The maximum absolute atomic E-state index is 12.4. The monoisotopic (exact) mass is 342 g/mol. The van der Waals surface area contributed by atoms with Crippen LogP contribution in [-0.4, -0.2) is 34.3 Å². The fourth-order valence-electron chi connectivity index (χ4n) is 1.83. The van der Waals surface area contributed by atoms with E-state index in [0.29, 0.717) is 0 Å². The van der Waals surface area contributed by atoms with Crippen LogP contribution in [0.1, 0.15) is 0 Å². The molecule has 1 aromatic heterocycles. The van der Waals surface area contributed by atoms with Crippen molar-refractivity contribution in [3.05, 3.63) is 40.6 Å². The van der Waals surface area contributed by atoms with Crippen molar-refractivity contribution in [3.63, 3.8) is 0 Å². The molecule has 0 fully saturated rings. The van der Waals surface area contributed by atoms with Gasteiger partial charge in [0, 0.05) is 11.8 Å². The molecule has 2 rings (SSSR count). The highest BCUT2D eigenvalue weighted by atomic mass is 19.3. The third-order valence-electron chi connectivity index (χ3n) is 2.78. The molecule has 0 atom stereocenters. The van der Waals surface area contributed by atoms with Crippen molar-refractivity contribution in [3.8, 4) is 11.5 Å². The molecule has 0 aliphatic heterocycles. The van der Waals surface area contributed by atoms with Gasteiger partial charge in [-0.1, -0.05) is 0 Å². The smallest absolute Gasteiger partial charge is 0.389 e. The molecular formula is C13H12F2N4O5. The van der Waals surface area contributed by atoms with Crippen molar-refractivity contribution in [2.45, 2.75) is 13.2 Å². The molecule has 0 unspecified atom stereocenters. The standard InChI is InChI=1S/C13H12F2N4O5/c1-23-9-3-2-8(6-10(9)24-13(14)15)16-12(20)7-18-5-4-11(17-18)19(21)22/h2-6,13H,7H2,1H3,(H,16,20). The number of anilines is 1. The van der Waals surface area contributed by atoms with Gasteiger partial charge < -0.3 is 24.9 Å². The first-order valence-corrected chi connectivity index (χ1v) is 6.49. The number of amides is 1. The molecule has 9 nitrogen and oxygen atoms in total. The highest BCUT2D eigenvalue weighted by molar-refractivity contribution is 5.90. The zero-order valence-electron chi connectivity index (χ0n) is 12.3. The fraction of sp³-hybridized carbons (Fsp3) is 0.231. The summed E-state index contributed by atoms with van der Waals surface area (Å²) in [5, 5.41) is 16.6. The molecule has 24 heavy (non-hydrogen) atoms. The molecular weight excluding hydrogens is 330 g/mol. The summed E-state index contributed by atoms with van der Waals surface area (Å²) in [6.07, 6.45) is 1.27. The van der Waals surface area contributed by atoms with Crippen molar-refractivity contribution >= 4 is 17.4 Å². The quantitative estimate of drug-likeness (QED) is 0.609. The third-order valence-corrected chi connectivity index (χ3v) is 2.78. The Morgan fingerprint density at radius 1 is 1.42 bits per heavy atom. The Hall–Kier alpha value is -3.24. The number of nitro groups is 1. The van der Waals surface area contributed by atoms with E-state index < -0.39 is 17.4 Å². The second-order valence-corrected chi connectivity index (χ2v) is 4.42. The van der Waals surface area contributed by atoms with Crippen LogP contribution >= 0.6 is 0 Å². The van der Waals surface area contributed by atoms with E-state index in [4.69, 9.17) is 4.74 Å². The maximum atomic E-state index is 12.4. The second-order valence-electron chi connectivity index (χ2n) is 4.42. The van der Waals surface area contributed by atoms with E-state index in [1.807, 2.05) is 0 Å². The molecule has 0 radical (unpaired) electrons. The molecule has 0 aliphatic carbocycles. The Morgan fingerprint density at radius 3 is 2.75 bits per heavy atom. The lowest BCUT2D eigenvalue weighted by atomic mass is 10.2. The first-order chi connectivity index (χ1) is 11.4. The predicted octanol–water partition coefficient (Wildman–Crippen LogP) is 2.04. The summed E-state index contributed by atoms with van der Waals surface area (Å²) in [5.41, 5.74) is 0.193. The number of halogens is 2. The fourth-order valence-corrected chi connectivity index (χ4v) is 1.83. The summed E-state index contributed by atoms with van der Waals surface area (Å²) in [7, 11) is 1.29. The molecule has 0 bridgehead atoms. The third kappa shape index (κ3) is 4.38. The van der Waals surface area contributed by atoms with E-state index in [9.17, 15) is 23.7 Å². The normalized spacial score (nSPS) is 10.5. The number of rotatable bonds is 7. The van der Waals surface area contributed by atoms with Gasteiger partial charge in [0.25, 0.3) is 0 Å². The van der Waals surface area contributed by atoms with Crippen molar-refractivity contribution in [1.29, 1.82) is 0 Å². The molecule has 1 heterocycles. The van der Waals surface area contributed by atoms with E-state index in [1.54, 1.807) is 0 Å². The minimum atomic E-state index is -3.05. The molecule has 0 aliphatic rings. The number of ether oxygens (including phenoxy) is 2. The average molecular weight is 342 g/mol. The molecule has 1 N–H and O–H groups in total. The molecule has 0 saturated carbocycles. The predicted molar refractivity (Wildman–Crippen MR) is 77.1 cm³/mol. The summed E-state index contributed by atoms with van der Waals surface area (Å²) in [5.74, 6) is -1.10. The number of alkyl halides is 2. The van der Waals surface area contributed by atoms with Crippen molar-refractivity contribution in [2.75, 3.05) is 12.4 Å². The van der Waals surface area contributed by atoms with Gasteiger partial charge in [0.05, 0.1) is 24.5 Å². The minimum Gasteiger partial charge on any atom is -0.493 e. The first kappa shape index (κ1) is 17.1. The lowest BCUT2D eigenvalue weighted by Crippen LogP contribution is -2.19. The van der Waals surface area contributed by atoms with Crippen LogP contribution in [-0.2, 0) is 11.3 Å². The summed E-state index contributed by atoms with van der Waals surface area (Å²) in [6, 6.07) is 5.11. The van der Waals surface area contributed by atoms with Gasteiger partial charge in [-0.2, -0.15) is 13.5 Å². The number of methoxy groups -OCH3 is 1. The van der Waals surface area contributed by atoms with Gasteiger partial charge in [-0.05, 0) is 17.1 Å². The number of nitrogens with zero attached hydrogens (tertiary/aromatic N) is 3. The number of carbonyl (C=O) groups excluding carboxylic acids is 1. The lowest BCUT2D eigenvalue weighted by molar-refractivity contribution is -0.389. The van der Waals surface area contributed by atoms with Crippen LogP contribution in [0.5, 0.6) is 11.5 Å². The van der Waals surface area contributed by atoms with Gasteiger partial charge in [0.15, 0.2) is 11.5 Å². The van der Waals surface area contributed by atoms with E-state index in [-0.39, 0.29) is 29.5 Å². The summed E-state index contributed by atoms with van der Waals surface area (Å²) in [6.45, 7) is -3.33. The number of carbonyl (C=O) groups is 1. The molecule has 0 saturated heterocycles. The SMILES string of the molecule is COc1ccc(NC(=O)Cn2ccc([N+](=O)[O-])n2)cc1OC(F)F. The number of hydrogen-bond donors (Lipinski definition) is 1. The van der Waals surface area contributed by atoms with Crippen LogP contribution in [0.3, 0.4) is 0 Å². The number of hydrogen-bond acceptors (Lipinski definition) is 6. The summed E-state index contributed by atoms with van der Waals surface area (Å²) >= 11 is 0. The van der Waals surface area contributed by atoms with E-state index in [2.05, 4.69) is 15.2 Å². The molecule has 1 aromatic carbocycles. The zero-order valence-corrected chi connectivity index (χ0v) is 12.3. The Morgan fingerprint density at radius 2 is 2.17 bits per heavy atom. The van der Waals surface area contributed by atoms with Gasteiger partial charge in [-0.25, -0.2) is 0 Å². The Labute approximate surface area is 133 Å². The number of nitrogens with one attached hydrogen (secondary N) is 1. The highest BCUT2D eigenvalue weighted by Crippen LogP contribution is 2.31. The van der Waals surface area contributed by atoms with E-state index in [1.165, 1.54) is 31.5 Å². The van der Waals surface area contributed by atoms with Crippen LogP contribution in [0.2, 0.25) is 0 Å². The average Bonchev–Trinajstić information content (AvgIpc) is 2.95. The molecule has 1 amide bonds. The van der Waals surface area contributed by atoms with Gasteiger partial charge >= 0.3 is 12.4 Å². The van der Waals surface area contributed by atoms with Crippen molar-refractivity contribution < 1.29 is 28.0 Å². The molecule has 0 spiro atoms.